The molecule has 2 N–H and O–H groups in total. The number of carbonyl (C=O) groups excluding carboxylic acids is 4. The molecule has 1 fully saturated rings. The number of nitrogens with zero attached hydrogens (tertiary/aromatic N) is 1. The molecule has 0 aromatic heterocycles. The Kier molecular flexibility index (Phi) is 12.3. The van der Waals surface area contributed by atoms with Crippen LogP contribution in [-0.4, -0.2) is 63.9 Å². The fourth-order valence-corrected chi connectivity index (χ4v) is 3.39. The number of hydrogen-bond donors (Lipinski definition) is 2. The third kappa shape index (κ3) is 10.5. The summed E-state index contributed by atoms with van der Waals surface area (Å²) in [6.07, 6.45) is 4.06. The summed E-state index contributed by atoms with van der Waals surface area (Å²) in [4.78, 5) is 50.8. The number of esters is 2. The lowest BCUT2D eigenvalue weighted by molar-refractivity contribution is -0.167. The largest absolute Gasteiger partial charge is 0.460 e. The molecule has 35 heavy (non-hydrogen) atoms. The zero-order valence-electron chi connectivity index (χ0n) is 21.0. The van der Waals surface area contributed by atoms with Crippen LogP contribution < -0.4 is 10.7 Å². The number of hydrazine groups is 1. The van der Waals surface area contributed by atoms with Crippen LogP contribution >= 0.6 is 34.8 Å². The maximum absolute atomic E-state index is 12.9. The molecule has 12 heteroatoms. The Bertz CT molecular complexity index is 798. The summed E-state index contributed by atoms with van der Waals surface area (Å²) in [6.45, 7) is 10.3. The molecule has 0 spiro atoms. The minimum absolute atomic E-state index is 0.316. The van der Waals surface area contributed by atoms with Crippen LogP contribution in [0.25, 0.3) is 0 Å². The van der Waals surface area contributed by atoms with Crippen molar-refractivity contribution in [3.63, 3.8) is 0 Å². The Morgan fingerprint density at radius 3 is 2.34 bits per heavy atom. The number of alkyl halides is 3. The summed E-state index contributed by atoms with van der Waals surface area (Å²) >= 11 is 16.8. The number of carbonyl (C=O) groups is 4. The van der Waals surface area contributed by atoms with E-state index in [4.69, 9.17) is 44.3 Å². The van der Waals surface area contributed by atoms with Gasteiger partial charge >= 0.3 is 11.9 Å². The number of ether oxygens (including phenoxy) is 2. The first-order chi connectivity index (χ1) is 16.1. The Morgan fingerprint density at radius 2 is 1.80 bits per heavy atom. The smallest absolute Gasteiger partial charge is 0.325 e. The van der Waals surface area contributed by atoms with Gasteiger partial charge in [-0.1, -0.05) is 60.8 Å². The van der Waals surface area contributed by atoms with Gasteiger partial charge in [-0.05, 0) is 52.9 Å². The Hall–Kier alpha value is -1.55. The zero-order chi connectivity index (χ0) is 27.0. The molecule has 0 aliphatic carbocycles. The number of allylic oxidation sites excluding steroid dienone is 2. The lowest BCUT2D eigenvalue weighted by atomic mass is 9.89. The van der Waals surface area contributed by atoms with Crippen LogP contribution in [0.2, 0.25) is 0 Å². The van der Waals surface area contributed by atoms with Gasteiger partial charge in [0.05, 0.1) is 5.41 Å². The highest BCUT2D eigenvalue weighted by molar-refractivity contribution is 6.67. The van der Waals surface area contributed by atoms with Gasteiger partial charge in [-0.3, -0.25) is 24.2 Å². The number of nitrogens with one attached hydrogen (secondary N) is 2. The van der Waals surface area contributed by atoms with Crippen molar-refractivity contribution in [2.75, 3.05) is 13.2 Å². The highest BCUT2D eigenvalue weighted by atomic mass is 35.6. The summed E-state index contributed by atoms with van der Waals surface area (Å²) in [6, 6.07) is -1.74. The first-order valence-corrected chi connectivity index (χ1v) is 12.7. The molecule has 1 heterocycles. The molecule has 1 aliphatic heterocycles. The van der Waals surface area contributed by atoms with E-state index in [1.165, 1.54) is 11.9 Å². The maximum Gasteiger partial charge on any atom is 0.325 e. The Labute approximate surface area is 222 Å². The Morgan fingerprint density at radius 1 is 1.17 bits per heavy atom. The molecule has 2 amide bonds. The van der Waals surface area contributed by atoms with E-state index in [0.717, 1.165) is 0 Å². The Balaban J connectivity index is 2.75. The summed E-state index contributed by atoms with van der Waals surface area (Å²) < 4.78 is 8.79. The lowest BCUT2D eigenvalue weighted by Gasteiger charge is -2.34. The van der Waals surface area contributed by atoms with Gasteiger partial charge in [-0.15, -0.1) is 0 Å². The predicted octanol–water partition coefficient (Wildman–Crippen LogP) is 3.46. The highest BCUT2D eigenvalue weighted by Crippen LogP contribution is 2.27. The molecule has 1 rings (SSSR count). The maximum atomic E-state index is 12.9. The summed E-state index contributed by atoms with van der Waals surface area (Å²) in [5.41, 5.74) is 2.00. The molecular weight excluding hydrogens is 521 g/mol. The van der Waals surface area contributed by atoms with Crippen LogP contribution in [0, 0.1) is 11.3 Å². The number of halogens is 3. The average molecular weight is 557 g/mol. The van der Waals surface area contributed by atoms with Gasteiger partial charge in [-0.25, -0.2) is 5.43 Å². The van der Waals surface area contributed by atoms with E-state index in [0.29, 0.717) is 25.8 Å². The predicted molar refractivity (Wildman–Crippen MR) is 135 cm³/mol. The van der Waals surface area contributed by atoms with Gasteiger partial charge < -0.3 is 14.8 Å². The van der Waals surface area contributed by atoms with Gasteiger partial charge in [0.15, 0.2) is 6.10 Å². The molecule has 0 saturated carbocycles. The molecular formula is C23H36Cl3N3O6. The number of amides is 2. The van der Waals surface area contributed by atoms with Crippen LogP contribution in [0.4, 0.5) is 0 Å². The molecule has 0 aromatic rings. The minimum Gasteiger partial charge on any atom is -0.460 e. The average Bonchev–Trinajstić information content (AvgIpc) is 2.77. The summed E-state index contributed by atoms with van der Waals surface area (Å²) in [5, 5.41) is 3.87. The van der Waals surface area contributed by atoms with Crippen molar-refractivity contribution in [3.8, 4) is 0 Å². The van der Waals surface area contributed by atoms with Crippen molar-refractivity contribution in [3.05, 3.63) is 12.2 Å². The van der Waals surface area contributed by atoms with E-state index in [9.17, 15) is 19.2 Å². The van der Waals surface area contributed by atoms with Crippen LogP contribution in [0.15, 0.2) is 12.2 Å². The second-order valence-corrected chi connectivity index (χ2v) is 12.0. The van der Waals surface area contributed by atoms with E-state index >= 15 is 0 Å². The zero-order valence-corrected chi connectivity index (χ0v) is 23.3. The van der Waals surface area contributed by atoms with E-state index in [2.05, 4.69) is 10.7 Å². The molecule has 1 aliphatic rings. The van der Waals surface area contributed by atoms with Gasteiger partial charge in [0, 0.05) is 6.54 Å². The first-order valence-electron chi connectivity index (χ1n) is 11.5. The van der Waals surface area contributed by atoms with Gasteiger partial charge in [0.25, 0.3) is 11.8 Å². The van der Waals surface area contributed by atoms with E-state index in [-0.39, 0.29) is 5.92 Å². The lowest BCUT2D eigenvalue weighted by Crippen LogP contribution is -2.60. The third-order valence-corrected chi connectivity index (χ3v) is 5.69. The van der Waals surface area contributed by atoms with Gasteiger partial charge in [-0.2, -0.15) is 0 Å². The van der Waals surface area contributed by atoms with Crippen molar-refractivity contribution in [2.24, 2.45) is 11.3 Å². The van der Waals surface area contributed by atoms with Gasteiger partial charge in [0.2, 0.25) is 3.79 Å². The van der Waals surface area contributed by atoms with E-state index in [1.54, 1.807) is 27.7 Å². The quantitative estimate of drug-likeness (QED) is 0.241. The van der Waals surface area contributed by atoms with Crippen LogP contribution in [0.3, 0.4) is 0 Å². The summed E-state index contributed by atoms with van der Waals surface area (Å²) in [7, 11) is 0. The molecule has 1 saturated heterocycles. The molecule has 200 valence electrons. The summed E-state index contributed by atoms with van der Waals surface area (Å²) in [5.74, 6) is -2.51. The second-order valence-electron chi connectivity index (χ2n) is 9.49. The van der Waals surface area contributed by atoms with Crippen LogP contribution in [-0.2, 0) is 28.7 Å². The monoisotopic (exact) mass is 555 g/mol. The van der Waals surface area contributed by atoms with Crippen molar-refractivity contribution in [2.45, 2.75) is 82.8 Å². The second kappa shape index (κ2) is 13.7. The molecule has 0 radical (unpaired) electrons. The van der Waals surface area contributed by atoms with Crippen molar-refractivity contribution < 1.29 is 28.7 Å². The highest BCUT2D eigenvalue weighted by Gasteiger charge is 2.37. The molecule has 3 atom stereocenters. The first kappa shape index (κ1) is 31.5. The molecule has 0 bridgehead atoms. The molecule has 9 nitrogen and oxygen atoms in total. The molecule has 1 unspecified atom stereocenters. The van der Waals surface area contributed by atoms with Crippen molar-refractivity contribution in [1.29, 1.82) is 0 Å². The normalized spacial score (nSPS) is 18.8. The topological polar surface area (TPSA) is 114 Å². The minimum atomic E-state index is -1.74. The fourth-order valence-electron chi connectivity index (χ4n) is 3.22. The van der Waals surface area contributed by atoms with Gasteiger partial charge in [0.1, 0.15) is 18.7 Å². The van der Waals surface area contributed by atoms with E-state index < -0.39 is 57.8 Å². The van der Waals surface area contributed by atoms with Crippen LogP contribution in [0.5, 0.6) is 0 Å². The van der Waals surface area contributed by atoms with Crippen molar-refractivity contribution in [1.82, 2.24) is 15.8 Å². The SMILES string of the molecule is C/C=C/CC(C)(C)C(=O)OC(C(=O)N[C@@H](C)C(=O)N1CCC[C@@H](C(=O)OCC(Cl)(Cl)Cl)N1)C(C)C. The van der Waals surface area contributed by atoms with Crippen molar-refractivity contribution >= 4 is 58.6 Å². The van der Waals surface area contributed by atoms with E-state index in [1.807, 2.05) is 19.1 Å². The fraction of sp³-hybridized carbons (Fsp3) is 0.739. The standard InChI is InChI=1S/C23H36Cl3N3O6/c1-7-8-11-22(5,6)21(33)35-17(14(2)3)18(30)27-15(4)19(31)29-12-9-10-16(28-29)20(32)34-13-23(24,25)26/h7-8,14-17,28H,9-13H2,1-6H3,(H,27,30)/b8-7+/t15-,16-,17?/m0/s1. The van der Waals surface area contributed by atoms with Crippen LogP contribution in [0.1, 0.15) is 60.8 Å². The number of hydrogen-bond acceptors (Lipinski definition) is 7. The number of rotatable bonds is 10. The molecule has 0 aromatic carbocycles. The third-order valence-electron chi connectivity index (χ3n) is 5.36.